The summed E-state index contributed by atoms with van der Waals surface area (Å²) in [5, 5.41) is 0. The summed E-state index contributed by atoms with van der Waals surface area (Å²) in [5.74, 6) is 2.16. The molecule has 0 rings (SSSR count). The van der Waals surface area contributed by atoms with Crippen LogP contribution < -0.4 is 0 Å². The highest BCUT2D eigenvalue weighted by atomic mass is 35.5. The SMILES string of the molecule is C[Si](C=O)(C=O)CCCCl. The summed E-state index contributed by atoms with van der Waals surface area (Å²) in [6.07, 6.45) is 0.766. The molecule has 10 heavy (non-hydrogen) atoms. The van der Waals surface area contributed by atoms with Gasteiger partial charge in [0, 0.05) is 5.88 Å². The summed E-state index contributed by atoms with van der Waals surface area (Å²) in [5.41, 5.74) is 0. The highest BCUT2D eigenvalue weighted by Gasteiger charge is 2.25. The second-order valence-electron chi connectivity index (χ2n) is 2.53. The van der Waals surface area contributed by atoms with E-state index in [9.17, 15) is 9.59 Å². The van der Waals surface area contributed by atoms with Gasteiger partial charge < -0.3 is 9.59 Å². The molecule has 0 aliphatic carbocycles. The number of rotatable bonds is 5. The zero-order valence-electron chi connectivity index (χ0n) is 5.97. The van der Waals surface area contributed by atoms with Crippen LogP contribution in [0.15, 0.2) is 0 Å². The third-order valence-electron chi connectivity index (χ3n) is 1.39. The van der Waals surface area contributed by atoms with E-state index in [4.69, 9.17) is 11.6 Å². The van der Waals surface area contributed by atoms with Gasteiger partial charge in [0.25, 0.3) is 0 Å². The topological polar surface area (TPSA) is 34.1 Å². The average molecular weight is 179 g/mol. The maximum absolute atomic E-state index is 10.4. The number of alkyl halides is 1. The normalized spacial score (nSPS) is 11.0. The fourth-order valence-electron chi connectivity index (χ4n) is 0.593. The summed E-state index contributed by atoms with van der Waals surface area (Å²) < 4.78 is 0. The molecule has 0 aliphatic heterocycles. The fourth-order valence-corrected chi connectivity index (χ4v) is 2.18. The maximum atomic E-state index is 10.4. The molecule has 0 aromatic carbocycles. The first kappa shape index (κ1) is 9.85. The van der Waals surface area contributed by atoms with E-state index < -0.39 is 8.07 Å². The van der Waals surface area contributed by atoms with Crippen molar-refractivity contribution in [2.24, 2.45) is 0 Å². The molecule has 0 fully saturated rings. The highest BCUT2D eigenvalue weighted by Crippen LogP contribution is 2.06. The van der Waals surface area contributed by atoms with Crippen LogP contribution >= 0.6 is 11.6 Å². The molecule has 0 amide bonds. The molecule has 0 atom stereocenters. The molecule has 2 nitrogen and oxygen atoms in total. The lowest BCUT2D eigenvalue weighted by molar-refractivity contribution is 0.561. The minimum absolute atomic E-state index is 0.532. The number of halogens is 1. The second kappa shape index (κ2) is 4.63. The van der Waals surface area contributed by atoms with Crippen molar-refractivity contribution in [1.29, 1.82) is 0 Å². The molecule has 0 aromatic heterocycles. The van der Waals surface area contributed by atoms with E-state index in [1.54, 1.807) is 6.55 Å². The maximum Gasteiger partial charge on any atom is 0.197 e. The molecule has 0 N–H and O–H groups in total. The van der Waals surface area contributed by atoms with Crippen LogP contribution in [0.2, 0.25) is 12.6 Å². The van der Waals surface area contributed by atoms with E-state index in [1.165, 1.54) is 0 Å². The van der Waals surface area contributed by atoms with Crippen LogP contribution in [0.5, 0.6) is 0 Å². The third-order valence-corrected chi connectivity index (χ3v) is 4.16. The van der Waals surface area contributed by atoms with Gasteiger partial charge in [-0.25, -0.2) is 0 Å². The van der Waals surface area contributed by atoms with Gasteiger partial charge >= 0.3 is 0 Å². The molecule has 58 valence electrons. The predicted octanol–water partition coefficient (Wildman–Crippen LogP) is 1.24. The van der Waals surface area contributed by atoms with E-state index in [-0.39, 0.29) is 0 Å². The van der Waals surface area contributed by atoms with Crippen LogP contribution in [0, 0.1) is 0 Å². The van der Waals surface area contributed by atoms with Crippen molar-refractivity contribution in [3.8, 4) is 0 Å². The van der Waals surface area contributed by atoms with Crippen molar-refractivity contribution in [3.05, 3.63) is 0 Å². The monoisotopic (exact) mass is 178 g/mol. The molecule has 0 bridgehead atoms. The molecule has 0 radical (unpaired) electrons. The van der Waals surface area contributed by atoms with Gasteiger partial charge in [0.15, 0.2) is 8.07 Å². The largest absolute Gasteiger partial charge is 0.308 e. The number of hydrogen-bond acceptors (Lipinski definition) is 2. The van der Waals surface area contributed by atoms with Gasteiger partial charge in [-0.1, -0.05) is 6.55 Å². The average Bonchev–Trinajstić information content (AvgIpc) is 2.00. The van der Waals surface area contributed by atoms with Crippen molar-refractivity contribution in [2.75, 3.05) is 5.88 Å². The Morgan fingerprint density at radius 1 is 1.40 bits per heavy atom. The summed E-state index contributed by atoms with van der Waals surface area (Å²) in [6, 6.07) is 0.684. The number of carbonyl (C=O) groups excluding carboxylic acids is 2. The zero-order chi connectivity index (χ0) is 8.04. The smallest absolute Gasteiger partial charge is 0.197 e. The van der Waals surface area contributed by atoms with Crippen LogP contribution in [0.4, 0.5) is 0 Å². The first-order chi connectivity index (χ1) is 4.68. The highest BCUT2D eigenvalue weighted by molar-refractivity contribution is 7.17. The molecule has 0 aliphatic rings. The van der Waals surface area contributed by atoms with E-state index in [2.05, 4.69) is 0 Å². The Morgan fingerprint density at radius 3 is 2.20 bits per heavy atom. The first-order valence-corrected chi connectivity index (χ1v) is 6.57. The van der Waals surface area contributed by atoms with Crippen LogP contribution in [0.3, 0.4) is 0 Å². The minimum Gasteiger partial charge on any atom is -0.308 e. The van der Waals surface area contributed by atoms with Crippen LogP contribution in [-0.4, -0.2) is 25.8 Å². The lowest BCUT2D eigenvalue weighted by atomic mass is 10.6. The van der Waals surface area contributed by atoms with Crippen LogP contribution in [0.25, 0.3) is 0 Å². The Balaban J connectivity index is 3.80. The van der Waals surface area contributed by atoms with Gasteiger partial charge in [0.2, 0.25) is 0 Å². The third kappa shape index (κ3) is 3.13. The number of carbonyl (C=O) groups is 2. The molecule has 0 saturated carbocycles. The lowest BCUT2D eigenvalue weighted by Crippen LogP contribution is -2.34. The van der Waals surface area contributed by atoms with Gasteiger partial charge in [0.1, 0.15) is 11.8 Å². The number of hydrogen-bond donors (Lipinski definition) is 0. The van der Waals surface area contributed by atoms with Crippen molar-refractivity contribution in [3.63, 3.8) is 0 Å². The van der Waals surface area contributed by atoms with Gasteiger partial charge in [-0.05, 0) is 12.5 Å². The Hall–Kier alpha value is -0.153. The Kier molecular flexibility index (Phi) is 4.56. The van der Waals surface area contributed by atoms with Crippen molar-refractivity contribution >= 4 is 31.5 Å². The summed E-state index contributed by atoms with van der Waals surface area (Å²) >= 11 is 5.41. The lowest BCUT2D eigenvalue weighted by Gasteiger charge is -2.09. The summed E-state index contributed by atoms with van der Waals surface area (Å²) in [6.45, 7) is 1.75. The van der Waals surface area contributed by atoms with Crippen molar-refractivity contribution < 1.29 is 9.59 Å². The van der Waals surface area contributed by atoms with Crippen LogP contribution in [0.1, 0.15) is 6.42 Å². The van der Waals surface area contributed by atoms with E-state index in [0.717, 1.165) is 18.2 Å². The predicted molar refractivity (Wildman–Crippen MR) is 45.3 cm³/mol. The van der Waals surface area contributed by atoms with Gasteiger partial charge in [-0.2, -0.15) is 0 Å². The van der Waals surface area contributed by atoms with E-state index in [1.807, 2.05) is 0 Å². The minimum atomic E-state index is -2.16. The van der Waals surface area contributed by atoms with Crippen molar-refractivity contribution in [1.82, 2.24) is 0 Å². The Morgan fingerprint density at radius 2 is 1.90 bits per heavy atom. The summed E-state index contributed by atoms with van der Waals surface area (Å²) in [4.78, 5) is 20.7. The van der Waals surface area contributed by atoms with E-state index in [0.29, 0.717) is 11.9 Å². The molecule has 0 saturated heterocycles. The molecule has 0 unspecified atom stereocenters. The molecule has 0 heterocycles. The Bertz CT molecular complexity index is 119. The van der Waals surface area contributed by atoms with E-state index >= 15 is 0 Å². The zero-order valence-corrected chi connectivity index (χ0v) is 7.73. The molecule has 0 spiro atoms. The fraction of sp³-hybridized carbons (Fsp3) is 0.667. The molecule has 4 heteroatoms. The van der Waals surface area contributed by atoms with Gasteiger partial charge in [-0.3, -0.25) is 0 Å². The Labute approximate surface area is 66.6 Å². The quantitative estimate of drug-likeness (QED) is 0.361. The molecular formula is C6H11ClO2Si. The van der Waals surface area contributed by atoms with Gasteiger partial charge in [-0.15, -0.1) is 11.6 Å². The molecular weight excluding hydrogens is 168 g/mol. The molecule has 0 aromatic rings. The second-order valence-corrected chi connectivity index (χ2v) is 6.90. The van der Waals surface area contributed by atoms with Gasteiger partial charge in [0.05, 0.1) is 0 Å². The first-order valence-electron chi connectivity index (χ1n) is 3.17. The van der Waals surface area contributed by atoms with Crippen molar-refractivity contribution in [2.45, 2.75) is 19.0 Å². The standard InChI is InChI=1S/C6H11ClO2Si/c1-10(5-8,6-9)4-2-3-7/h5-6H,2-4H2,1H3. The van der Waals surface area contributed by atoms with Crippen LogP contribution in [-0.2, 0) is 9.59 Å². The summed E-state index contributed by atoms with van der Waals surface area (Å²) in [7, 11) is -2.16.